The first kappa shape index (κ1) is 25.2. The summed E-state index contributed by atoms with van der Waals surface area (Å²) < 4.78 is 6.92. The van der Waals surface area contributed by atoms with Gasteiger partial charge in [-0.2, -0.15) is 5.10 Å². The number of hydrogen-bond acceptors (Lipinski definition) is 4. The lowest BCUT2D eigenvalue weighted by Crippen LogP contribution is -2.18. The number of nitrogens with one attached hydrogen (secondary N) is 2. The minimum Gasteiger partial charge on any atom is -0.488 e. The number of amides is 2. The van der Waals surface area contributed by atoms with Crippen LogP contribution in [0.4, 0.5) is 5.69 Å². The standard InChI is InChI=1S/C28H21BrClN3O3/c29-23-6-3-4-19(16-23)18-36-26-7-2-1-5-22(26)17-31-33-28(35)21-10-14-25(15-11-21)32-27(34)20-8-12-24(30)13-9-20/h1-17H,18H2,(H,32,34)(H,33,35). The fourth-order valence-electron chi connectivity index (χ4n) is 3.24. The molecule has 4 aromatic carbocycles. The zero-order valence-corrected chi connectivity index (χ0v) is 21.3. The zero-order chi connectivity index (χ0) is 25.3. The second kappa shape index (κ2) is 12.2. The molecule has 0 radical (unpaired) electrons. The lowest BCUT2D eigenvalue weighted by Gasteiger charge is -2.09. The van der Waals surface area contributed by atoms with Gasteiger partial charge in [-0.1, -0.05) is 51.8 Å². The predicted molar refractivity (Wildman–Crippen MR) is 146 cm³/mol. The third kappa shape index (κ3) is 7.04. The van der Waals surface area contributed by atoms with Crippen molar-refractivity contribution >= 4 is 51.2 Å². The molecule has 36 heavy (non-hydrogen) atoms. The number of carbonyl (C=O) groups is 2. The molecule has 0 aromatic heterocycles. The van der Waals surface area contributed by atoms with E-state index in [-0.39, 0.29) is 11.8 Å². The molecule has 2 amide bonds. The number of carbonyl (C=O) groups excluding carboxylic acids is 2. The van der Waals surface area contributed by atoms with Crippen LogP contribution >= 0.6 is 27.5 Å². The van der Waals surface area contributed by atoms with Crippen molar-refractivity contribution in [1.82, 2.24) is 5.43 Å². The molecule has 4 rings (SSSR count). The maximum Gasteiger partial charge on any atom is 0.271 e. The molecule has 4 aromatic rings. The molecule has 0 aliphatic heterocycles. The molecule has 0 heterocycles. The monoisotopic (exact) mass is 561 g/mol. The van der Waals surface area contributed by atoms with E-state index in [1.165, 1.54) is 6.21 Å². The molecule has 0 spiro atoms. The van der Waals surface area contributed by atoms with Crippen molar-refractivity contribution in [2.45, 2.75) is 6.61 Å². The summed E-state index contributed by atoms with van der Waals surface area (Å²) in [6, 6.07) is 28.4. The largest absolute Gasteiger partial charge is 0.488 e. The Morgan fingerprint density at radius 3 is 2.31 bits per heavy atom. The van der Waals surface area contributed by atoms with E-state index in [4.69, 9.17) is 16.3 Å². The number of para-hydroxylation sites is 1. The molecule has 0 fully saturated rings. The number of hydrogen-bond donors (Lipinski definition) is 2. The highest BCUT2D eigenvalue weighted by molar-refractivity contribution is 9.10. The summed E-state index contributed by atoms with van der Waals surface area (Å²) >= 11 is 9.31. The van der Waals surface area contributed by atoms with E-state index in [0.29, 0.717) is 34.2 Å². The summed E-state index contributed by atoms with van der Waals surface area (Å²) in [4.78, 5) is 24.8. The van der Waals surface area contributed by atoms with Gasteiger partial charge in [-0.05, 0) is 78.4 Å². The Morgan fingerprint density at radius 1 is 0.861 bits per heavy atom. The van der Waals surface area contributed by atoms with Crippen molar-refractivity contribution < 1.29 is 14.3 Å². The van der Waals surface area contributed by atoms with Gasteiger partial charge in [0.2, 0.25) is 0 Å². The first-order chi connectivity index (χ1) is 17.5. The van der Waals surface area contributed by atoms with Gasteiger partial charge in [-0.3, -0.25) is 9.59 Å². The molecule has 8 heteroatoms. The van der Waals surface area contributed by atoms with Crippen molar-refractivity contribution in [3.8, 4) is 5.75 Å². The second-order valence-corrected chi connectivity index (χ2v) is 9.05. The van der Waals surface area contributed by atoms with Crippen molar-refractivity contribution in [2.75, 3.05) is 5.32 Å². The molecular weight excluding hydrogens is 542 g/mol. The van der Waals surface area contributed by atoms with Crippen LogP contribution in [-0.2, 0) is 6.61 Å². The molecule has 0 saturated heterocycles. The van der Waals surface area contributed by atoms with Crippen LogP contribution in [-0.4, -0.2) is 18.0 Å². The van der Waals surface area contributed by atoms with Gasteiger partial charge in [0, 0.05) is 31.9 Å². The molecule has 0 atom stereocenters. The van der Waals surface area contributed by atoms with E-state index >= 15 is 0 Å². The highest BCUT2D eigenvalue weighted by Gasteiger charge is 2.08. The van der Waals surface area contributed by atoms with Crippen molar-refractivity contribution in [3.63, 3.8) is 0 Å². The summed E-state index contributed by atoms with van der Waals surface area (Å²) in [5, 5.41) is 7.41. The van der Waals surface area contributed by atoms with Crippen LogP contribution in [0.2, 0.25) is 5.02 Å². The van der Waals surface area contributed by atoms with Gasteiger partial charge in [0.05, 0.1) is 6.21 Å². The van der Waals surface area contributed by atoms with E-state index in [1.54, 1.807) is 48.5 Å². The van der Waals surface area contributed by atoms with E-state index in [2.05, 4.69) is 31.8 Å². The number of halogens is 2. The van der Waals surface area contributed by atoms with Crippen LogP contribution in [0.3, 0.4) is 0 Å². The topological polar surface area (TPSA) is 79.8 Å². The van der Waals surface area contributed by atoms with Crippen molar-refractivity contribution in [2.24, 2.45) is 5.10 Å². The first-order valence-electron chi connectivity index (χ1n) is 10.9. The summed E-state index contributed by atoms with van der Waals surface area (Å²) in [6.07, 6.45) is 1.54. The van der Waals surface area contributed by atoms with Gasteiger partial charge in [-0.25, -0.2) is 5.43 Å². The van der Waals surface area contributed by atoms with Crippen LogP contribution < -0.4 is 15.5 Å². The summed E-state index contributed by atoms with van der Waals surface area (Å²) in [6.45, 7) is 0.400. The fourth-order valence-corrected chi connectivity index (χ4v) is 3.81. The van der Waals surface area contributed by atoms with Gasteiger partial charge in [0.25, 0.3) is 11.8 Å². The van der Waals surface area contributed by atoms with E-state index in [1.807, 2.05) is 48.5 Å². The summed E-state index contributed by atoms with van der Waals surface area (Å²) in [5.41, 5.74) is 5.71. The molecule has 0 aliphatic carbocycles. The molecule has 0 bridgehead atoms. The van der Waals surface area contributed by atoms with Crippen LogP contribution in [0.15, 0.2) is 107 Å². The predicted octanol–water partition coefficient (Wildman–Crippen LogP) is 6.70. The third-order valence-corrected chi connectivity index (χ3v) is 5.83. The summed E-state index contributed by atoms with van der Waals surface area (Å²) in [5.74, 6) is -0.000120. The van der Waals surface area contributed by atoms with Gasteiger partial charge >= 0.3 is 0 Å². The first-order valence-corrected chi connectivity index (χ1v) is 12.1. The Kier molecular flexibility index (Phi) is 8.49. The quantitative estimate of drug-likeness (QED) is 0.185. The van der Waals surface area contributed by atoms with Crippen molar-refractivity contribution in [1.29, 1.82) is 0 Å². The number of nitrogens with zero attached hydrogens (tertiary/aromatic N) is 1. The molecule has 2 N–H and O–H groups in total. The highest BCUT2D eigenvalue weighted by atomic mass is 79.9. The van der Waals surface area contributed by atoms with Crippen LogP contribution in [0.1, 0.15) is 31.8 Å². The molecule has 0 saturated carbocycles. The van der Waals surface area contributed by atoms with Crippen LogP contribution in [0.5, 0.6) is 5.75 Å². The van der Waals surface area contributed by atoms with Crippen LogP contribution in [0, 0.1) is 0 Å². The van der Waals surface area contributed by atoms with Crippen LogP contribution in [0.25, 0.3) is 0 Å². The Bertz CT molecular complexity index is 1390. The SMILES string of the molecule is O=C(NN=Cc1ccccc1OCc1cccc(Br)c1)c1ccc(NC(=O)c2ccc(Cl)cc2)cc1. The normalized spacial score (nSPS) is 10.7. The third-order valence-electron chi connectivity index (χ3n) is 5.08. The Labute approximate surface area is 222 Å². The Hall–Kier alpha value is -3.94. The lowest BCUT2D eigenvalue weighted by molar-refractivity contribution is 0.0954. The molecule has 0 aliphatic rings. The second-order valence-electron chi connectivity index (χ2n) is 7.69. The number of benzene rings is 4. The van der Waals surface area contributed by atoms with E-state index in [0.717, 1.165) is 15.6 Å². The lowest BCUT2D eigenvalue weighted by atomic mass is 10.1. The van der Waals surface area contributed by atoms with Gasteiger partial charge in [0.15, 0.2) is 0 Å². The Balaban J connectivity index is 1.33. The summed E-state index contributed by atoms with van der Waals surface area (Å²) in [7, 11) is 0. The van der Waals surface area contributed by atoms with Gasteiger partial charge in [-0.15, -0.1) is 0 Å². The van der Waals surface area contributed by atoms with E-state index in [9.17, 15) is 9.59 Å². The average Bonchev–Trinajstić information content (AvgIpc) is 2.89. The maximum absolute atomic E-state index is 12.5. The number of hydrazone groups is 1. The molecule has 180 valence electrons. The maximum atomic E-state index is 12.5. The molecular formula is C28H21BrClN3O3. The minimum atomic E-state index is -0.380. The molecule has 0 unspecified atom stereocenters. The minimum absolute atomic E-state index is 0.269. The highest BCUT2D eigenvalue weighted by Crippen LogP contribution is 2.19. The zero-order valence-electron chi connectivity index (χ0n) is 18.9. The fraction of sp³-hybridized carbons (Fsp3) is 0.0357. The Morgan fingerprint density at radius 2 is 1.56 bits per heavy atom. The number of rotatable bonds is 8. The van der Waals surface area contributed by atoms with Crippen molar-refractivity contribution in [3.05, 3.63) is 129 Å². The molecule has 6 nitrogen and oxygen atoms in total. The smallest absolute Gasteiger partial charge is 0.271 e. The number of ether oxygens (including phenoxy) is 1. The average molecular weight is 563 g/mol. The van der Waals surface area contributed by atoms with Gasteiger partial charge in [0.1, 0.15) is 12.4 Å². The van der Waals surface area contributed by atoms with E-state index < -0.39 is 0 Å². The van der Waals surface area contributed by atoms with Gasteiger partial charge < -0.3 is 10.1 Å². The number of anilines is 1.